The Morgan fingerprint density at radius 1 is 1.08 bits per heavy atom. The third kappa shape index (κ3) is 7.41. The molecule has 0 saturated carbocycles. The fraction of sp³-hybridized carbons (Fsp3) is 0.286. The van der Waals surface area contributed by atoms with Crippen LogP contribution in [0.5, 0.6) is 0 Å². The Kier molecular flexibility index (Phi) is 8.56. The van der Waals surface area contributed by atoms with Crippen molar-refractivity contribution in [2.45, 2.75) is 38.5 Å². The number of hydrogen-bond acceptors (Lipinski definition) is 6. The molecule has 4 aromatic rings. The number of nitrogens with zero attached hydrogens (tertiary/aromatic N) is 1. The van der Waals surface area contributed by atoms with Gasteiger partial charge in [0.25, 0.3) is 16.0 Å². The van der Waals surface area contributed by atoms with Crippen LogP contribution in [0.3, 0.4) is 0 Å². The molecule has 10 heteroatoms. The molecule has 1 unspecified atom stereocenters. The van der Waals surface area contributed by atoms with Crippen LogP contribution in [0.15, 0.2) is 75.0 Å². The molecule has 38 heavy (non-hydrogen) atoms. The Balaban J connectivity index is 1.57. The Morgan fingerprint density at radius 2 is 1.76 bits per heavy atom. The molecular weight excluding hydrogens is 588 g/mol. The minimum absolute atomic E-state index is 0.0411. The lowest BCUT2D eigenvalue weighted by molar-refractivity contribution is 0.0956. The van der Waals surface area contributed by atoms with Crippen molar-refractivity contribution in [3.8, 4) is 10.6 Å². The molecule has 0 aliphatic rings. The summed E-state index contributed by atoms with van der Waals surface area (Å²) in [5.41, 5.74) is 4.63. The summed E-state index contributed by atoms with van der Waals surface area (Å²) < 4.78 is 37.3. The van der Waals surface area contributed by atoms with Crippen LogP contribution in [0, 0.1) is 0 Å². The second kappa shape index (κ2) is 11.5. The standard InChI is InChI=1S/C28H29BrN2O5S2/c1-28(2,3)21-10-8-19(9-11-21)22(23-17-24(36-31-23)25-12-13-26(29)37-25)16-18-4-6-20(7-5-18)27(32)30-14-15-38(33,34)35/h4-13,17,22H,14-16H2,1-3H3,(H,30,32)(H,33,34,35). The molecule has 0 radical (unpaired) electrons. The molecule has 0 bridgehead atoms. The SMILES string of the molecule is CC(C)(C)c1ccc(C(Cc2ccc(C(=O)NCCS(=O)(=O)O)cc2)c2cc(-c3ccc(Br)s3)on2)cc1. The average Bonchev–Trinajstić information content (AvgIpc) is 3.51. The normalized spacial score (nSPS) is 12.9. The molecule has 200 valence electrons. The van der Waals surface area contributed by atoms with E-state index in [9.17, 15) is 13.2 Å². The van der Waals surface area contributed by atoms with Crippen molar-refractivity contribution in [2.75, 3.05) is 12.3 Å². The van der Waals surface area contributed by atoms with Crippen molar-refractivity contribution in [3.63, 3.8) is 0 Å². The Morgan fingerprint density at radius 3 is 2.34 bits per heavy atom. The van der Waals surface area contributed by atoms with Gasteiger partial charge < -0.3 is 9.84 Å². The van der Waals surface area contributed by atoms with Gasteiger partial charge in [0.05, 0.1) is 20.1 Å². The van der Waals surface area contributed by atoms with E-state index in [0.717, 1.165) is 25.5 Å². The van der Waals surface area contributed by atoms with E-state index < -0.39 is 21.8 Å². The molecular formula is C28H29BrN2O5S2. The van der Waals surface area contributed by atoms with E-state index >= 15 is 0 Å². The lowest BCUT2D eigenvalue weighted by Gasteiger charge is -2.21. The van der Waals surface area contributed by atoms with Gasteiger partial charge >= 0.3 is 0 Å². The van der Waals surface area contributed by atoms with Crippen LogP contribution in [0.2, 0.25) is 0 Å². The quantitative estimate of drug-likeness (QED) is 0.209. The van der Waals surface area contributed by atoms with Crippen LogP contribution in [0.25, 0.3) is 10.6 Å². The van der Waals surface area contributed by atoms with Gasteiger partial charge in [-0.05, 0) is 68.7 Å². The highest BCUT2D eigenvalue weighted by atomic mass is 79.9. The number of aromatic nitrogens is 1. The molecule has 0 spiro atoms. The van der Waals surface area contributed by atoms with Crippen LogP contribution in [0.1, 0.15) is 59.4 Å². The zero-order valence-electron chi connectivity index (χ0n) is 21.3. The molecule has 0 aliphatic heterocycles. The topological polar surface area (TPSA) is 110 Å². The molecule has 0 saturated heterocycles. The summed E-state index contributed by atoms with van der Waals surface area (Å²) in [5, 5.41) is 6.93. The number of carbonyl (C=O) groups is 1. The first-order valence-electron chi connectivity index (χ1n) is 12.0. The van der Waals surface area contributed by atoms with Gasteiger partial charge in [0.2, 0.25) is 0 Å². The van der Waals surface area contributed by atoms with Gasteiger partial charge in [0.1, 0.15) is 0 Å². The van der Waals surface area contributed by atoms with Gasteiger partial charge in [0, 0.05) is 24.1 Å². The predicted octanol–water partition coefficient (Wildman–Crippen LogP) is 6.46. The molecule has 2 N–H and O–H groups in total. The van der Waals surface area contributed by atoms with E-state index in [0.29, 0.717) is 17.7 Å². The predicted molar refractivity (Wildman–Crippen MR) is 153 cm³/mol. The van der Waals surface area contributed by atoms with Gasteiger partial charge in [-0.2, -0.15) is 8.42 Å². The summed E-state index contributed by atoms with van der Waals surface area (Å²) in [4.78, 5) is 13.3. The first kappa shape index (κ1) is 28.2. The smallest absolute Gasteiger partial charge is 0.266 e. The van der Waals surface area contributed by atoms with Crippen molar-refractivity contribution in [1.29, 1.82) is 0 Å². The first-order chi connectivity index (χ1) is 17.9. The van der Waals surface area contributed by atoms with Gasteiger partial charge in [-0.1, -0.05) is 62.3 Å². The van der Waals surface area contributed by atoms with Crippen LogP contribution in [-0.2, 0) is 22.0 Å². The summed E-state index contributed by atoms with van der Waals surface area (Å²) in [6.45, 7) is 6.39. The molecule has 2 heterocycles. The van der Waals surface area contributed by atoms with E-state index in [4.69, 9.17) is 9.08 Å². The zero-order valence-corrected chi connectivity index (χ0v) is 24.5. The number of rotatable bonds is 9. The lowest BCUT2D eigenvalue weighted by Crippen LogP contribution is -2.28. The first-order valence-corrected chi connectivity index (χ1v) is 15.3. The minimum atomic E-state index is -4.13. The van der Waals surface area contributed by atoms with Crippen molar-refractivity contribution in [2.24, 2.45) is 0 Å². The third-order valence-corrected chi connectivity index (χ3v) is 8.54. The number of nitrogens with one attached hydrogen (secondary N) is 1. The van der Waals surface area contributed by atoms with E-state index in [-0.39, 0.29) is 17.9 Å². The maximum Gasteiger partial charge on any atom is 0.266 e. The van der Waals surface area contributed by atoms with Crippen molar-refractivity contribution >= 4 is 43.3 Å². The lowest BCUT2D eigenvalue weighted by atomic mass is 9.83. The summed E-state index contributed by atoms with van der Waals surface area (Å²) in [6.07, 6.45) is 0.639. The fourth-order valence-corrected chi connectivity index (χ4v) is 5.74. The minimum Gasteiger partial charge on any atom is -0.355 e. The van der Waals surface area contributed by atoms with Crippen LogP contribution < -0.4 is 5.32 Å². The van der Waals surface area contributed by atoms with Crippen molar-refractivity contribution in [1.82, 2.24) is 10.5 Å². The number of benzene rings is 2. The van der Waals surface area contributed by atoms with Crippen LogP contribution >= 0.6 is 27.3 Å². The van der Waals surface area contributed by atoms with E-state index in [2.05, 4.69) is 71.4 Å². The van der Waals surface area contributed by atoms with Crippen LogP contribution in [0.4, 0.5) is 0 Å². The highest BCUT2D eigenvalue weighted by Crippen LogP contribution is 2.36. The number of thiophene rings is 1. The Labute approximate surface area is 235 Å². The van der Waals surface area contributed by atoms with Gasteiger partial charge in [-0.25, -0.2) is 0 Å². The number of carbonyl (C=O) groups excluding carboxylic acids is 1. The summed E-state index contributed by atoms with van der Waals surface area (Å²) in [6, 6.07) is 21.7. The number of halogens is 1. The largest absolute Gasteiger partial charge is 0.355 e. The molecule has 1 amide bonds. The molecule has 7 nitrogen and oxygen atoms in total. The Bertz CT molecular complexity index is 1500. The summed E-state index contributed by atoms with van der Waals surface area (Å²) in [7, 11) is -4.13. The van der Waals surface area contributed by atoms with Gasteiger partial charge in [-0.3, -0.25) is 9.35 Å². The molecule has 2 aromatic carbocycles. The number of hydrogen-bond donors (Lipinski definition) is 2. The van der Waals surface area contributed by atoms with Crippen molar-refractivity contribution in [3.05, 3.63) is 98.5 Å². The van der Waals surface area contributed by atoms with E-state index in [1.165, 1.54) is 5.56 Å². The van der Waals surface area contributed by atoms with Crippen LogP contribution in [-0.4, -0.2) is 36.3 Å². The molecule has 4 rings (SSSR count). The highest BCUT2D eigenvalue weighted by molar-refractivity contribution is 9.11. The monoisotopic (exact) mass is 616 g/mol. The second-order valence-corrected chi connectivity index (χ2v) is 14.1. The molecule has 1 atom stereocenters. The summed E-state index contributed by atoms with van der Waals surface area (Å²) >= 11 is 5.08. The van der Waals surface area contributed by atoms with E-state index in [1.807, 2.05) is 30.3 Å². The second-order valence-electron chi connectivity index (χ2n) is 10.1. The molecule has 0 fully saturated rings. The molecule has 0 aliphatic carbocycles. The highest BCUT2D eigenvalue weighted by Gasteiger charge is 2.22. The fourth-order valence-electron chi connectivity index (χ4n) is 4.05. The zero-order chi connectivity index (χ0) is 27.5. The average molecular weight is 618 g/mol. The van der Waals surface area contributed by atoms with Crippen molar-refractivity contribution < 1.29 is 22.3 Å². The Hall–Kier alpha value is -2.79. The third-order valence-electron chi connectivity index (χ3n) is 6.18. The number of amides is 1. The maximum absolute atomic E-state index is 12.3. The van der Waals surface area contributed by atoms with Gasteiger partial charge in [0.15, 0.2) is 5.76 Å². The molecule has 2 aromatic heterocycles. The van der Waals surface area contributed by atoms with Gasteiger partial charge in [-0.15, -0.1) is 11.3 Å². The maximum atomic E-state index is 12.3. The van der Waals surface area contributed by atoms with E-state index in [1.54, 1.807) is 23.5 Å². The summed E-state index contributed by atoms with van der Waals surface area (Å²) in [5.74, 6) is -0.296.